The van der Waals surface area contributed by atoms with Gasteiger partial charge >= 0.3 is 0 Å². The van der Waals surface area contributed by atoms with Crippen LogP contribution in [0.4, 0.5) is 0 Å². The van der Waals surface area contributed by atoms with Crippen LogP contribution in [0.15, 0.2) is 66.7 Å². The molecule has 0 heterocycles. The SMILES string of the molecule is CC(C)(C)c1ccc2c(c1)CC[C@H]2N.C[C@@H](NC1CCc2cc(C(C)(C)C)ccc21)c1ccccc1.[Xe]. The summed E-state index contributed by atoms with van der Waals surface area (Å²) in [5.74, 6) is 0. The molecule has 0 amide bonds. The van der Waals surface area contributed by atoms with Crippen molar-refractivity contribution >= 4 is 0 Å². The summed E-state index contributed by atoms with van der Waals surface area (Å²) >= 11 is 0. The zero-order valence-corrected chi connectivity index (χ0v) is 25.9. The van der Waals surface area contributed by atoms with Crippen LogP contribution in [0.25, 0.3) is 0 Å². The minimum Gasteiger partial charge on any atom is -0.324 e. The molecule has 3 N–H and O–H groups in total. The maximum absolute atomic E-state index is 6.01. The molecule has 37 heavy (non-hydrogen) atoms. The van der Waals surface area contributed by atoms with E-state index >= 15 is 0 Å². The fourth-order valence-corrected chi connectivity index (χ4v) is 5.51. The smallest absolute Gasteiger partial charge is 0.0331 e. The molecule has 0 saturated carbocycles. The Kier molecular flexibility index (Phi) is 10.4. The van der Waals surface area contributed by atoms with Crippen LogP contribution in [0, 0.1) is 48.9 Å². The molecule has 0 aromatic heterocycles. The minimum atomic E-state index is 0. The van der Waals surface area contributed by atoms with Crippen LogP contribution in [0.5, 0.6) is 0 Å². The van der Waals surface area contributed by atoms with Gasteiger partial charge < -0.3 is 11.1 Å². The molecule has 3 heteroatoms. The number of hydrogen-bond acceptors (Lipinski definition) is 2. The van der Waals surface area contributed by atoms with E-state index in [2.05, 4.69) is 121 Å². The standard InChI is InChI=1S/C21H27N.C13H19N.Xe/c1-15(16-8-6-5-7-9-16)22-20-13-10-17-14-18(21(2,3)4)11-12-19(17)20;1-13(2,3)10-5-6-11-9(8-10)4-7-12(11)14;/h5-9,11-12,14-15,20,22H,10,13H2,1-4H3;5-6,8,12H,4,7,14H2,1-3H3;/t15-,20?;12-;/m11./s1. The largest absolute Gasteiger partial charge is 0.324 e. The Labute approximate surface area is 266 Å². The number of nitrogens with two attached hydrogens (primary N) is 1. The van der Waals surface area contributed by atoms with Crippen molar-refractivity contribution in [1.82, 2.24) is 5.32 Å². The van der Waals surface area contributed by atoms with Crippen molar-refractivity contribution in [3.63, 3.8) is 0 Å². The molecule has 0 spiro atoms. The Balaban J connectivity index is 0.000000220. The summed E-state index contributed by atoms with van der Waals surface area (Å²) < 4.78 is 0. The van der Waals surface area contributed by atoms with Gasteiger partial charge in [0.15, 0.2) is 0 Å². The monoisotopic (exact) mass is 614 g/mol. The van der Waals surface area contributed by atoms with E-state index in [1.807, 2.05) is 0 Å². The second-order valence-electron chi connectivity index (χ2n) is 12.9. The zero-order chi connectivity index (χ0) is 26.1. The Morgan fingerprint density at radius 1 is 0.730 bits per heavy atom. The normalized spacial score (nSPS) is 19.2. The van der Waals surface area contributed by atoms with Crippen molar-refractivity contribution in [1.29, 1.82) is 0 Å². The number of fused-ring (bicyclic) bond motifs is 2. The quantitative estimate of drug-likeness (QED) is 0.312. The van der Waals surface area contributed by atoms with Gasteiger partial charge in [-0.2, -0.15) is 0 Å². The van der Waals surface area contributed by atoms with E-state index in [0.717, 1.165) is 12.8 Å². The van der Waals surface area contributed by atoms with Gasteiger partial charge in [0.2, 0.25) is 0 Å². The van der Waals surface area contributed by atoms with Crippen molar-refractivity contribution in [2.45, 2.75) is 103 Å². The maximum Gasteiger partial charge on any atom is 0.0331 e. The molecule has 0 bridgehead atoms. The molecule has 1 unspecified atom stereocenters. The molecule has 3 aromatic rings. The van der Waals surface area contributed by atoms with E-state index in [4.69, 9.17) is 5.73 Å². The molecule has 0 radical (unpaired) electrons. The molecule has 0 saturated heterocycles. The molecule has 2 aliphatic carbocycles. The molecule has 5 rings (SSSR count). The van der Waals surface area contributed by atoms with Crippen LogP contribution in [0.2, 0.25) is 0 Å². The van der Waals surface area contributed by atoms with Crippen molar-refractivity contribution in [3.8, 4) is 0 Å². The van der Waals surface area contributed by atoms with Crippen molar-refractivity contribution < 1.29 is 48.9 Å². The molecular weight excluding hydrogens is 568 g/mol. The van der Waals surface area contributed by atoms with Gasteiger partial charge in [0, 0.05) is 67.0 Å². The molecular formula is C34H46N2Xe. The summed E-state index contributed by atoms with van der Waals surface area (Å²) in [4.78, 5) is 0. The maximum atomic E-state index is 6.01. The van der Waals surface area contributed by atoms with Crippen molar-refractivity contribution in [2.75, 3.05) is 0 Å². The third-order valence-electron chi connectivity index (χ3n) is 7.97. The van der Waals surface area contributed by atoms with Gasteiger partial charge in [-0.15, -0.1) is 0 Å². The number of rotatable bonds is 3. The average Bonchev–Trinajstić information content (AvgIpc) is 3.41. The van der Waals surface area contributed by atoms with Gasteiger partial charge in [-0.25, -0.2) is 0 Å². The summed E-state index contributed by atoms with van der Waals surface area (Å²) in [7, 11) is 0. The molecule has 2 nitrogen and oxygen atoms in total. The fraction of sp³-hybridized carbons (Fsp3) is 0.471. The van der Waals surface area contributed by atoms with Crippen molar-refractivity contribution in [3.05, 3.63) is 106 Å². The molecule has 3 aromatic carbocycles. The van der Waals surface area contributed by atoms with E-state index < -0.39 is 0 Å². The Morgan fingerprint density at radius 2 is 1.24 bits per heavy atom. The zero-order valence-electron chi connectivity index (χ0n) is 23.8. The van der Waals surface area contributed by atoms with Gasteiger partial charge in [0.05, 0.1) is 0 Å². The summed E-state index contributed by atoms with van der Waals surface area (Å²) in [5, 5.41) is 3.81. The molecule has 3 atom stereocenters. The summed E-state index contributed by atoms with van der Waals surface area (Å²) in [6, 6.07) is 25.7. The predicted octanol–water partition coefficient (Wildman–Crippen LogP) is 8.25. The van der Waals surface area contributed by atoms with Gasteiger partial charge in [0.25, 0.3) is 0 Å². The van der Waals surface area contributed by atoms with E-state index in [1.54, 1.807) is 0 Å². The Bertz CT molecular complexity index is 1170. The van der Waals surface area contributed by atoms with Crippen LogP contribution < -0.4 is 11.1 Å². The van der Waals surface area contributed by atoms with Gasteiger partial charge in [-0.3, -0.25) is 0 Å². The van der Waals surface area contributed by atoms with Crippen LogP contribution in [-0.2, 0) is 23.7 Å². The van der Waals surface area contributed by atoms with E-state index in [9.17, 15) is 0 Å². The van der Waals surface area contributed by atoms with Crippen LogP contribution in [0.3, 0.4) is 0 Å². The molecule has 0 fully saturated rings. The second-order valence-corrected chi connectivity index (χ2v) is 12.9. The fourth-order valence-electron chi connectivity index (χ4n) is 5.51. The van der Waals surface area contributed by atoms with E-state index in [1.165, 1.54) is 51.8 Å². The van der Waals surface area contributed by atoms with Crippen LogP contribution >= 0.6 is 0 Å². The average molecular weight is 614 g/mol. The van der Waals surface area contributed by atoms with Crippen molar-refractivity contribution in [2.24, 2.45) is 5.73 Å². The number of hydrogen-bond donors (Lipinski definition) is 2. The first-order chi connectivity index (χ1) is 16.9. The first-order valence-electron chi connectivity index (χ1n) is 13.8. The second kappa shape index (κ2) is 12.6. The molecule has 0 aliphatic heterocycles. The van der Waals surface area contributed by atoms with Gasteiger partial charge in [-0.1, -0.05) is 108 Å². The molecule has 200 valence electrons. The number of nitrogens with one attached hydrogen (secondary N) is 1. The third kappa shape index (κ3) is 7.63. The Morgan fingerprint density at radius 3 is 1.81 bits per heavy atom. The van der Waals surface area contributed by atoms with E-state index in [-0.39, 0.29) is 65.8 Å². The minimum absolute atomic E-state index is 0. The van der Waals surface area contributed by atoms with Crippen LogP contribution in [-0.4, -0.2) is 0 Å². The van der Waals surface area contributed by atoms with Crippen LogP contribution in [0.1, 0.15) is 118 Å². The first kappa shape index (κ1) is 30.7. The Hall–Kier alpha value is -0.849. The summed E-state index contributed by atoms with van der Waals surface area (Å²) in [5.41, 5.74) is 16.6. The van der Waals surface area contributed by atoms with Gasteiger partial charge in [0.1, 0.15) is 0 Å². The topological polar surface area (TPSA) is 38.0 Å². The first-order valence-corrected chi connectivity index (χ1v) is 13.8. The third-order valence-corrected chi connectivity index (χ3v) is 7.97. The summed E-state index contributed by atoms with van der Waals surface area (Å²) in [6.07, 6.45) is 4.67. The summed E-state index contributed by atoms with van der Waals surface area (Å²) in [6.45, 7) is 15.9. The number of benzene rings is 3. The molecule has 2 aliphatic rings. The van der Waals surface area contributed by atoms with Gasteiger partial charge in [-0.05, 0) is 82.4 Å². The number of aryl methyl sites for hydroxylation is 2. The predicted molar refractivity (Wildman–Crippen MR) is 155 cm³/mol. The van der Waals surface area contributed by atoms with E-state index in [0.29, 0.717) is 12.1 Å².